The van der Waals surface area contributed by atoms with Gasteiger partial charge in [0.25, 0.3) is 5.91 Å². The Labute approximate surface area is 172 Å². The molecule has 1 N–H and O–H groups in total. The summed E-state index contributed by atoms with van der Waals surface area (Å²) in [5.74, 6) is -0.0289. The molecule has 0 saturated heterocycles. The molecule has 1 aliphatic carbocycles. The van der Waals surface area contributed by atoms with E-state index in [0.717, 1.165) is 12.8 Å². The van der Waals surface area contributed by atoms with Crippen LogP contribution in [0.3, 0.4) is 0 Å². The SMILES string of the molecule is CC(C)(C)c1ccc(OCCC(=O)O[C@H](C(=O)NC2CC2)c2ccccc2)cc1. The second-order valence-electron chi connectivity index (χ2n) is 8.44. The number of rotatable bonds is 8. The van der Waals surface area contributed by atoms with Crippen LogP contribution in [0.2, 0.25) is 0 Å². The molecule has 154 valence electrons. The summed E-state index contributed by atoms with van der Waals surface area (Å²) in [6.07, 6.45) is 1.09. The van der Waals surface area contributed by atoms with Crippen molar-refractivity contribution >= 4 is 11.9 Å². The molecule has 1 amide bonds. The predicted molar refractivity (Wildman–Crippen MR) is 112 cm³/mol. The monoisotopic (exact) mass is 395 g/mol. The Hall–Kier alpha value is -2.82. The normalized spacial score (nSPS) is 14.7. The van der Waals surface area contributed by atoms with Crippen LogP contribution in [0.25, 0.3) is 0 Å². The lowest BCUT2D eigenvalue weighted by Crippen LogP contribution is -2.33. The van der Waals surface area contributed by atoms with Crippen molar-refractivity contribution < 1.29 is 19.1 Å². The zero-order chi connectivity index (χ0) is 20.9. The molecule has 2 aromatic carbocycles. The first-order valence-electron chi connectivity index (χ1n) is 10.1. The van der Waals surface area contributed by atoms with E-state index in [9.17, 15) is 9.59 Å². The molecule has 1 atom stereocenters. The van der Waals surface area contributed by atoms with E-state index in [1.165, 1.54) is 5.56 Å². The van der Waals surface area contributed by atoms with Gasteiger partial charge in [0.05, 0.1) is 13.0 Å². The van der Waals surface area contributed by atoms with Crippen LogP contribution < -0.4 is 10.1 Å². The average molecular weight is 395 g/mol. The summed E-state index contributed by atoms with van der Waals surface area (Å²) < 4.78 is 11.2. The number of carbonyl (C=O) groups is 2. The standard InChI is InChI=1S/C24H29NO4/c1-24(2,3)18-9-13-20(14-10-18)28-16-15-21(26)29-22(17-7-5-4-6-8-17)23(27)25-19-11-12-19/h4-10,13-14,19,22H,11-12,15-16H2,1-3H3,(H,25,27)/t22-/m0/s1. The molecule has 29 heavy (non-hydrogen) atoms. The number of ether oxygens (including phenoxy) is 2. The minimum absolute atomic E-state index is 0.0705. The van der Waals surface area contributed by atoms with Crippen molar-refractivity contribution in [3.05, 3.63) is 65.7 Å². The fourth-order valence-corrected chi connectivity index (χ4v) is 2.90. The molecule has 1 aliphatic rings. The number of carbonyl (C=O) groups excluding carboxylic acids is 2. The van der Waals surface area contributed by atoms with Gasteiger partial charge in [-0.3, -0.25) is 9.59 Å². The molecule has 5 heteroatoms. The Bertz CT molecular complexity index is 820. The van der Waals surface area contributed by atoms with E-state index in [1.807, 2.05) is 42.5 Å². The van der Waals surface area contributed by atoms with Crippen LogP contribution in [0, 0.1) is 0 Å². The first-order chi connectivity index (χ1) is 13.8. The summed E-state index contributed by atoms with van der Waals surface area (Å²) in [6, 6.07) is 17.2. The van der Waals surface area contributed by atoms with Gasteiger partial charge in [-0.15, -0.1) is 0 Å². The molecule has 0 spiro atoms. The summed E-state index contributed by atoms with van der Waals surface area (Å²) in [4.78, 5) is 24.8. The van der Waals surface area contributed by atoms with Gasteiger partial charge in [-0.2, -0.15) is 0 Å². The Morgan fingerprint density at radius 3 is 2.28 bits per heavy atom. The smallest absolute Gasteiger partial charge is 0.310 e. The van der Waals surface area contributed by atoms with Crippen LogP contribution in [0.5, 0.6) is 5.75 Å². The largest absolute Gasteiger partial charge is 0.493 e. The fraction of sp³-hybridized carbons (Fsp3) is 0.417. The molecule has 5 nitrogen and oxygen atoms in total. The second kappa shape index (κ2) is 9.12. The van der Waals surface area contributed by atoms with Crippen LogP contribution in [-0.4, -0.2) is 24.5 Å². The molecule has 0 aliphatic heterocycles. The minimum atomic E-state index is -0.935. The summed E-state index contributed by atoms with van der Waals surface area (Å²) in [6.45, 7) is 6.66. The maximum absolute atomic E-state index is 12.5. The van der Waals surface area contributed by atoms with Gasteiger partial charge in [0.15, 0.2) is 0 Å². The van der Waals surface area contributed by atoms with Crippen molar-refractivity contribution in [1.82, 2.24) is 5.32 Å². The Morgan fingerprint density at radius 1 is 1.03 bits per heavy atom. The number of esters is 1. The van der Waals surface area contributed by atoms with Gasteiger partial charge in [-0.25, -0.2) is 0 Å². The predicted octanol–water partition coefficient (Wildman–Crippen LogP) is 4.32. The van der Waals surface area contributed by atoms with Gasteiger partial charge in [0.2, 0.25) is 6.10 Å². The highest BCUT2D eigenvalue weighted by atomic mass is 16.6. The number of hydrogen-bond donors (Lipinski definition) is 1. The highest BCUT2D eigenvalue weighted by Gasteiger charge is 2.30. The molecule has 0 radical (unpaired) electrons. The Morgan fingerprint density at radius 2 is 1.69 bits per heavy atom. The van der Waals surface area contributed by atoms with Crippen molar-refractivity contribution in [3.63, 3.8) is 0 Å². The summed E-state index contributed by atoms with van der Waals surface area (Å²) in [7, 11) is 0. The van der Waals surface area contributed by atoms with Crippen molar-refractivity contribution in [2.75, 3.05) is 6.61 Å². The van der Waals surface area contributed by atoms with Crippen molar-refractivity contribution in [3.8, 4) is 5.75 Å². The van der Waals surface area contributed by atoms with E-state index >= 15 is 0 Å². The lowest BCUT2D eigenvalue weighted by molar-refractivity contribution is -0.157. The zero-order valence-electron chi connectivity index (χ0n) is 17.3. The number of nitrogens with one attached hydrogen (secondary N) is 1. The second-order valence-corrected chi connectivity index (χ2v) is 8.44. The third kappa shape index (κ3) is 6.34. The van der Waals surface area contributed by atoms with E-state index < -0.39 is 12.1 Å². The van der Waals surface area contributed by atoms with Crippen LogP contribution >= 0.6 is 0 Å². The lowest BCUT2D eigenvalue weighted by Gasteiger charge is -2.19. The summed E-state index contributed by atoms with van der Waals surface area (Å²) in [5.41, 5.74) is 1.96. The van der Waals surface area contributed by atoms with Crippen LogP contribution in [-0.2, 0) is 19.7 Å². The molecule has 0 bridgehead atoms. The topological polar surface area (TPSA) is 64.6 Å². The van der Waals surface area contributed by atoms with Gasteiger partial charge in [-0.05, 0) is 36.0 Å². The fourth-order valence-electron chi connectivity index (χ4n) is 2.90. The third-order valence-electron chi connectivity index (χ3n) is 4.81. The zero-order valence-corrected chi connectivity index (χ0v) is 17.3. The van der Waals surface area contributed by atoms with Crippen LogP contribution in [0.15, 0.2) is 54.6 Å². The van der Waals surface area contributed by atoms with E-state index in [1.54, 1.807) is 12.1 Å². The maximum atomic E-state index is 12.5. The Balaban J connectivity index is 1.52. The quantitative estimate of drug-likeness (QED) is 0.676. The molecule has 1 fully saturated rings. The van der Waals surface area contributed by atoms with Gasteiger partial charge in [0.1, 0.15) is 5.75 Å². The summed E-state index contributed by atoms with van der Waals surface area (Å²) in [5, 5.41) is 2.91. The van der Waals surface area contributed by atoms with Crippen LogP contribution in [0.1, 0.15) is 57.3 Å². The molecule has 2 aromatic rings. The molecule has 0 heterocycles. The number of amides is 1. The molecule has 0 unspecified atom stereocenters. The van der Waals surface area contributed by atoms with Crippen molar-refractivity contribution in [2.45, 2.75) is 57.6 Å². The first-order valence-corrected chi connectivity index (χ1v) is 10.1. The highest BCUT2D eigenvalue weighted by Crippen LogP contribution is 2.25. The van der Waals surface area contributed by atoms with Gasteiger partial charge in [0, 0.05) is 11.6 Å². The molecule has 3 rings (SSSR count). The molecular weight excluding hydrogens is 366 g/mol. The van der Waals surface area contributed by atoms with Gasteiger partial charge in [-0.1, -0.05) is 63.2 Å². The summed E-state index contributed by atoms with van der Waals surface area (Å²) >= 11 is 0. The van der Waals surface area contributed by atoms with Gasteiger partial charge >= 0.3 is 5.97 Å². The Kier molecular flexibility index (Phi) is 6.57. The van der Waals surface area contributed by atoms with Crippen LogP contribution in [0.4, 0.5) is 0 Å². The molecule has 1 saturated carbocycles. The van der Waals surface area contributed by atoms with E-state index in [-0.39, 0.29) is 30.4 Å². The van der Waals surface area contributed by atoms with Crippen molar-refractivity contribution in [1.29, 1.82) is 0 Å². The van der Waals surface area contributed by atoms with E-state index in [0.29, 0.717) is 11.3 Å². The number of benzene rings is 2. The van der Waals surface area contributed by atoms with Crippen molar-refractivity contribution in [2.24, 2.45) is 0 Å². The van der Waals surface area contributed by atoms with Gasteiger partial charge < -0.3 is 14.8 Å². The van der Waals surface area contributed by atoms with E-state index in [2.05, 4.69) is 26.1 Å². The minimum Gasteiger partial charge on any atom is -0.493 e. The third-order valence-corrected chi connectivity index (χ3v) is 4.81. The molecular formula is C24H29NO4. The van der Waals surface area contributed by atoms with E-state index in [4.69, 9.17) is 9.47 Å². The highest BCUT2D eigenvalue weighted by molar-refractivity contribution is 5.85. The average Bonchev–Trinajstić information content (AvgIpc) is 3.50. The lowest BCUT2D eigenvalue weighted by atomic mass is 9.87. The number of hydrogen-bond acceptors (Lipinski definition) is 4. The maximum Gasteiger partial charge on any atom is 0.310 e. The first kappa shape index (κ1) is 20.9. The molecule has 0 aromatic heterocycles.